The van der Waals surface area contributed by atoms with Crippen molar-refractivity contribution >= 4 is 10.0 Å². The summed E-state index contributed by atoms with van der Waals surface area (Å²) < 4.78 is 39.5. The second kappa shape index (κ2) is 7.49. The van der Waals surface area contributed by atoms with Crippen LogP contribution in [0.2, 0.25) is 0 Å². The minimum absolute atomic E-state index is 0.0221. The number of sulfonamides is 1. The molecule has 0 atom stereocenters. The normalized spacial score (nSPS) is 11.8. The van der Waals surface area contributed by atoms with Crippen molar-refractivity contribution < 1.29 is 17.9 Å². The molecular formula is C16H18FNO3S. The zero-order chi connectivity index (χ0) is 16.0. The van der Waals surface area contributed by atoms with Gasteiger partial charge >= 0.3 is 0 Å². The molecule has 0 aromatic heterocycles. The van der Waals surface area contributed by atoms with Crippen LogP contribution < -0.4 is 0 Å². The summed E-state index contributed by atoms with van der Waals surface area (Å²) in [5, 5.41) is 9.12. The van der Waals surface area contributed by atoms with E-state index in [1.807, 2.05) is 30.3 Å². The minimum atomic E-state index is -3.82. The first-order valence-corrected chi connectivity index (χ1v) is 8.38. The van der Waals surface area contributed by atoms with Crippen LogP contribution >= 0.6 is 0 Å². The number of rotatable bonds is 7. The first-order chi connectivity index (χ1) is 10.5. The van der Waals surface area contributed by atoms with Gasteiger partial charge in [0.1, 0.15) is 5.82 Å². The van der Waals surface area contributed by atoms with Crippen LogP contribution in [0.5, 0.6) is 0 Å². The van der Waals surface area contributed by atoms with E-state index in [0.29, 0.717) is 6.42 Å². The number of hydrogen-bond donors (Lipinski definition) is 1. The molecule has 0 amide bonds. The molecule has 0 heterocycles. The molecule has 0 fully saturated rings. The first kappa shape index (κ1) is 16.6. The van der Waals surface area contributed by atoms with Gasteiger partial charge in [-0.25, -0.2) is 12.8 Å². The fourth-order valence-corrected chi connectivity index (χ4v) is 3.60. The molecule has 0 aliphatic carbocycles. The molecule has 2 aromatic rings. The lowest BCUT2D eigenvalue weighted by atomic mass is 10.1. The average molecular weight is 323 g/mol. The average Bonchev–Trinajstić information content (AvgIpc) is 2.52. The van der Waals surface area contributed by atoms with E-state index in [1.165, 1.54) is 22.5 Å². The van der Waals surface area contributed by atoms with Gasteiger partial charge in [0.25, 0.3) is 0 Å². The predicted molar refractivity (Wildman–Crippen MR) is 82.4 cm³/mol. The Morgan fingerprint density at radius 1 is 1.00 bits per heavy atom. The molecule has 22 heavy (non-hydrogen) atoms. The maximum atomic E-state index is 13.3. The SMILES string of the molecule is O=S(=O)(c1cccc(F)c1)N(CCO)CCc1ccccc1. The highest BCUT2D eigenvalue weighted by atomic mass is 32.2. The zero-order valence-corrected chi connectivity index (χ0v) is 12.8. The van der Waals surface area contributed by atoms with Crippen molar-refractivity contribution in [2.24, 2.45) is 0 Å². The summed E-state index contributed by atoms with van der Waals surface area (Å²) in [6.07, 6.45) is 0.523. The van der Waals surface area contributed by atoms with Crippen molar-refractivity contribution in [3.8, 4) is 0 Å². The summed E-state index contributed by atoms with van der Waals surface area (Å²) in [5.41, 5.74) is 1.000. The maximum absolute atomic E-state index is 13.3. The van der Waals surface area contributed by atoms with Gasteiger partial charge in [-0.1, -0.05) is 36.4 Å². The number of aliphatic hydroxyl groups excluding tert-OH is 1. The monoisotopic (exact) mass is 323 g/mol. The highest BCUT2D eigenvalue weighted by Crippen LogP contribution is 2.17. The highest BCUT2D eigenvalue weighted by molar-refractivity contribution is 7.89. The third-order valence-corrected chi connectivity index (χ3v) is 5.17. The minimum Gasteiger partial charge on any atom is -0.395 e. The van der Waals surface area contributed by atoms with Crippen molar-refractivity contribution in [2.75, 3.05) is 19.7 Å². The molecule has 0 spiro atoms. The quantitative estimate of drug-likeness (QED) is 0.848. The van der Waals surface area contributed by atoms with E-state index in [4.69, 9.17) is 5.11 Å². The molecular weight excluding hydrogens is 305 g/mol. The standard InChI is InChI=1S/C16H18FNO3S/c17-15-7-4-8-16(13-15)22(20,21)18(11-12-19)10-9-14-5-2-1-3-6-14/h1-8,13,19H,9-12H2. The van der Waals surface area contributed by atoms with Crippen molar-refractivity contribution in [3.05, 3.63) is 66.0 Å². The van der Waals surface area contributed by atoms with Crippen LogP contribution in [0.15, 0.2) is 59.5 Å². The van der Waals surface area contributed by atoms with Gasteiger partial charge in [0.2, 0.25) is 10.0 Å². The van der Waals surface area contributed by atoms with Gasteiger partial charge in [-0.3, -0.25) is 0 Å². The fourth-order valence-electron chi connectivity index (χ4n) is 2.14. The van der Waals surface area contributed by atoms with Gasteiger partial charge in [0, 0.05) is 13.1 Å². The van der Waals surface area contributed by atoms with E-state index in [2.05, 4.69) is 0 Å². The predicted octanol–water partition coefficient (Wildman–Crippen LogP) is 2.05. The number of hydrogen-bond acceptors (Lipinski definition) is 3. The molecule has 0 radical (unpaired) electrons. The first-order valence-electron chi connectivity index (χ1n) is 6.94. The Bertz CT molecular complexity index is 704. The lowest BCUT2D eigenvalue weighted by Crippen LogP contribution is -2.35. The van der Waals surface area contributed by atoms with E-state index in [-0.39, 0.29) is 24.6 Å². The van der Waals surface area contributed by atoms with Crippen LogP contribution in [-0.4, -0.2) is 37.5 Å². The number of benzene rings is 2. The molecule has 6 heteroatoms. The van der Waals surface area contributed by atoms with Crippen molar-refractivity contribution in [3.63, 3.8) is 0 Å². The van der Waals surface area contributed by atoms with Crippen molar-refractivity contribution in [1.29, 1.82) is 0 Å². The molecule has 0 saturated heterocycles. The lowest BCUT2D eigenvalue weighted by Gasteiger charge is -2.21. The van der Waals surface area contributed by atoms with E-state index < -0.39 is 15.8 Å². The topological polar surface area (TPSA) is 57.6 Å². The molecule has 118 valence electrons. The number of halogens is 1. The Morgan fingerprint density at radius 3 is 2.36 bits per heavy atom. The van der Waals surface area contributed by atoms with Crippen LogP contribution in [0, 0.1) is 5.82 Å². The summed E-state index contributed by atoms with van der Waals surface area (Å²) in [4.78, 5) is -0.103. The Balaban J connectivity index is 2.19. The second-order valence-electron chi connectivity index (χ2n) is 4.82. The van der Waals surface area contributed by atoms with E-state index >= 15 is 0 Å². The van der Waals surface area contributed by atoms with Gasteiger partial charge in [-0.2, -0.15) is 4.31 Å². The lowest BCUT2D eigenvalue weighted by molar-refractivity contribution is 0.254. The molecule has 0 bridgehead atoms. The van der Waals surface area contributed by atoms with E-state index in [1.54, 1.807) is 0 Å². The van der Waals surface area contributed by atoms with Crippen LogP contribution in [0.25, 0.3) is 0 Å². The van der Waals surface area contributed by atoms with Gasteiger partial charge in [-0.15, -0.1) is 0 Å². The Kier molecular flexibility index (Phi) is 5.65. The van der Waals surface area contributed by atoms with Crippen LogP contribution in [-0.2, 0) is 16.4 Å². The number of nitrogens with zero attached hydrogens (tertiary/aromatic N) is 1. The molecule has 4 nitrogen and oxygen atoms in total. The molecule has 0 aliphatic rings. The second-order valence-corrected chi connectivity index (χ2v) is 6.76. The van der Waals surface area contributed by atoms with Gasteiger partial charge in [0.15, 0.2) is 0 Å². The molecule has 2 rings (SSSR count). The summed E-state index contributed by atoms with van der Waals surface area (Å²) in [6, 6.07) is 14.4. The molecule has 0 saturated carbocycles. The molecule has 1 N–H and O–H groups in total. The Hall–Kier alpha value is -1.76. The smallest absolute Gasteiger partial charge is 0.243 e. The molecule has 0 unspecified atom stereocenters. The third-order valence-electron chi connectivity index (χ3n) is 3.28. The summed E-state index contributed by atoms with van der Waals surface area (Å²) in [6.45, 7) is -0.0849. The van der Waals surface area contributed by atoms with Gasteiger partial charge in [-0.05, 0) is 30.2 Å². The van der Waals surface area contributed by atoms with E-state index in [9.17, 15) is 12.8 Å². The summed E-state index contributed by atoms with van der Waals surface area (Å²) in [7, 11) is -3.82. The van der Waals surface area contributed by atoms with Crippen LogP contribution in [0.1, 0.15) is 5.56 Å². The third kappa shape index (κ3) is 4.13. The Labute approximate surface area is 129 Å². The molecule has 0 aliphatic heterocycles. The van der Waals surface area contributed by atoms with Crippen LogP contribution in [0.3, 0.4) is 0 Å². The van der Waals surface area contributed by atoms with Crippen molar-refractivity contribution in [2.45, 2.75) is 11.3 Å². The van der Waals surface area contributed by atoms with Crippen LogP contribution in [0.4, 0.5) is 4.39 Å². The molecule has 2 aromatic carbocycles. The highest BCUT2D eigenvalue weighted by Gasteiger charge is 2.24. The number of aliphatic hydroxyl groups is 1. The summed E-state index contributed by atoms with van der Waals surface area (Å²) >= 11 is 0. The zero-order valence-electron chi connectivity index (χ0n) is 12.0. The Morgan fingerprint density at radius 2 is 1.73 bits per heavy atom. The fraction of sp³-hybridized carbons (Fsp3) is 0.250. The largest absolute Gasteiger partial charge is 0.395 e. The summed E-state index contributed by atoms with van der Waals surface area (Å²) in [5.74, 6) is -0.604. The van der Waals surface area contributed by atoms with Gasteiger partial charge < -0.3 is 5.11 Å². The maximum Gasteiger partial charge on any atom is 0.243 e. The van der Waals surface area contributed by atoms with Gasteiger partial charge in [0.05, 0.1) is 11.5 Å². The van der Waals surface area contributed by atoms with E-state index in [0.717, 1.165) is 11.6 Å². The van der Waals surface area contributed by atoms with Crippen molar-refractivity contribution in [1.82, 2.24) is 4.31 Å².